The van der Waals surface area contributed by atoms with Crippen molar-refractivity contribution in [3.05, 3.63) is 33.0 Å². The molecule has 0 fully saturated rings. The maximum absolute atomic E-state index is 6.17. The summed E-state index contributed by atoms with van der Waals surface area (Å²) < 4.78 is 1.70. The average molecular weight is 271 g/mol. The Morgan fingerprint density at radius 3 is 2.88 bits per heavy atom. The molecule has 0 aliphatic heterocycles. The second kappa shape index (κ2) is 5.16. The van der Waals surface area contributed by atoms with Gasteiger partial charge < -0.3 is 5.32 Å². The van der Waals surface area contributed by atoms with E-state index in [-0.39, 0.29) is 6.04 Å². The van der Waals surface area contributed by atoms with Crippen molar-refractivity contribution in [2.24, 2.45) is 7.05 Å². The van der Waals surface area contributed by atoms with E-state index in [0.29, 0.717) is 11.7 Å². The molecule has 0 aromatic carbocycles. The highest BCUT2D eigenvalue weighted by Gasteiger charge is 2.13. The van der Waals surface area contributed by atoms with Crippen LogP contribution >= 0.6 is 22.9 Å². The summed E-state index contributed by atoms with van der Waals surface area (Å²) in [6.07, 6.45) is 1.82. The van der Waals surface area contributed by atoms with Gasteiger partial charge in [-0.25, -0.2) is 4.98 Å². The van der Waals surface area contributed by atoms with Crippen LogP contribution in [0.15, 0.2) is 11.6 Å². The predicted molar refractivity (Wildman–Crippen MR) is 70.3 cm³/mol. The largest absolute Gasteiger partial charge is 0.304 e. The molecular formula is C11H15ClN4S. The number of nitrogens with one attached hydrogen (secondary N) is 1. The fourth-order valence-electron chi connectivity index (χ4n) is 1.67. The lowest BCUT2D eigenvalue weighted by Gasteiger charge is -2.10. The zero-order valence-corrected chi connectivity index (χ0v) is 11.6. The van der Waals surface area contributed by atoms with Crippen molar-refractivity contribution >= 4 is 22.9 Å². The molecule has 1 unspecified atom stereocenters. The molecule has 0 bridgehead atoms. The quantitative estimate of drug-likeness (QED) is 0.929. The third kappa shape index (κ3) is 2.68. The molecular weight excluding hydrogens is 256 g/mol. The first-order chi connectivity index (χ1) is 8.09. The van der Waals surface area contributed by atoms with Crippen molar-refractivity contribution in [3.63, 3.8) is 0 Å². The van der Waals surface area contributed by atoms with Crippen molar-refractivity contribution in [3.8, 4) is 0 Å². The van der Waals surface area contributed by atoms with Crippen LogP contribution in [0.1, 0.15) is 29.2 Å². The summed E-state index contributed by atoms with van der Waals surface area (Å²) in [6, 6.07) is 0.227. The Hall–Kier alpha value is -0.910. The van der Waals surface area contributed by atoms with Gasteiger partial charge in [0.05, 0.1) is 11.7 Å². The molecule has 0 amide bonds. The van der Waals surface area contributed by atoms with Gasteiger partial charge in [0, 0.05) is 30.7 Å². The average Bonchev–Trinajstić information content (AvgIpc) is 2.88. The molecule has 0 saturated heterocycles. The van der Waals surface area contributed by atoms with Crippen LogP contribution in [-0.4, -0.2) is 14.8 Å². The van der Waals surface area contributed by atoms with Gasteiger partial charge in [-0.3, -0.25) is 4.68 Å². The summed E-state index contributed by atoms with van der Waals surface area (Å²) in [5, 5.41) is 11.5. The van der Waals surface area contributed by atoms with Crippen LogP contribution in [0.2, 0.25) is 5.15 Å². The predicted octanol–water partition coefficient (Wildman–Crippen LogP) is 2.69. The van der Waals surface area contributed by atoms with Crippen LogP contribution < -0.4 is 5.32 Å². The van der Waals surface area contributed by atoms with E-state index >= 15 is 0 Å². The maximum Gasteiger partial charge on any atom is 0.131 e. The summed E-state index contributed by atoms with van der Waals surface area (Å²) in [4.78, 5) is 4.28. The van der Waals surface area contributed by atoms with Gasteiger partial charge in [0.15, 0.2) is 0 Å². The van der Waals surface area contributed by atoms with Crippen LogP contribution in [-0.2, 0) is 13.6 Å². The molecule has 1 atom stereocenters. The number of aryl methyl sites for hydroxylation is 2. The topological polar surface area (TPSA) is 42.7 Å². The van der Waals surface area contributed by atoms with Gasteiger partial charge in [-0.2, -0.15) is 5.10 Å². The smallest absolute Gasteiger partial charge is 0.131 e. The van der Waals surface area contributed by atoms with Crippen LogP contribution in [0.4, 0.5) is 0 Å². The van der Waals surface area contributed by atoms with Gasteiger partial charge in [-0.15, -0.1) is 11.3 Å². The minimum absolute atomic E-state index is 0.227. The first-order valence-corrected chi connectivity index (χ1v) is 6.66. The summed E-state index contributed by atoms with van der Waals surface area (Å²) in [7, 11) is 1.85. The molecule has 2 aromatic rings. The van der Waals surface area contributed by atoms with Crippen molar-refractivity contribution < 1.29 is 0 Å². The minimum Gasteiger partial charge on any atom is -0.304 e. The lowest BCUT2D eigenvalue weighted by molar-refractivity contribution is 0.570. The number of nitrogens with zero attached hydrogens (tertiary/aromatic N) is 3. The molecule has 0 saturated carbocycles. The van der Waals surface area contributed by atoms with Crippen molar-refractivity contribution in [2.75, 3.05) is 0 Å². The van der Waals surface area contributed by atoms with Gasteiger partial charge >= 0.3 is 0 Å². The van der Waals surface area contributed by atoms with Gasteiger partial charge in [0.2, 0.25) is 0 Å². The standard InChI is InChI=1S/C11H15ClN4S/c1-7-9(10(12)16(3)15-7)6-14-8(2)11-13-4-5-17-11/h4-5,8,14H,6H2,1-3H3. The van der Waals surface area contributed by atoms with E-state index in [0.717, 1.165) is 16.3 Å². The maximum atomic E-state index is 6.17. The Balaban J connectivity index is 2.03. The lowest BCUT2D eigenvalue weighted by atomic mass is 10.2. The fourth-order valence-corrected chi connectivity index (χ4v) is 2.58. The Morgan fingerprint density at radius 2 is 2.35 bits per heavy atom. The fraction of sp³-hybridized carbons (Fsp3) is 0.455. The molecule has 2 heterocycles. The number of hydrogen-bond donors (Lipinski definition) is 1. The molecule has 17 heavy (non-hydrogen) atoms. The van der Waals surface area contributed by atoms with Crippen molar-refractivity contribution in [1.29, 1.82) is 0 Å². The second-order valence-corrected chi connectivity index (χ2v) is 5.24. The van der Waals surface area contributed by atoms with Gasteiger partial charge in [0.1, 0.15) is 10.2 Å². The molecule has 1 N–H and O–H groups in total. The van der Waals surface area contributed by atoms with Gasteiger partial charge in [-0.05, 0) is 13.8 Å². The summed E-state index contributed by atoms with van der Waals surface area (Å²) in [5.41, 5.74) is 2.02. The molecule has 0 aliphatic rings. The van der Waals surface area contributed by atoms with Crippen molar-refractivity contribution in [2.45, 2.75) is 26.4 Å². The number of halogens is 1. The SMILES string of the molecule is Cc1nn(C)c(Cl)c1CNC(C)c1nccs1. The van der Waals surface area contributed by atoms with E-state index in [1.54, 1.807) is 16.0 Å². The molecule has 6 heteroatoms. The molecule has 0 aliphatic carbocycles. The summed E-state index contributed by atoms with van der Waals surface area (Å²) >= 11 is 7.82. The monoisotopic (exact) mass is 270 g/mol. The number of thiazole rings is 1. The highest BCUT2D eigenvalue weighted by Crippen LogP contribution is 2.20. The van der Waals surface area contributed by atoms with Crippen molar-refractivity contribution in [1.82, 2.24) is 20.1 Å². The third-order valence-corrected chi connectivity index (χ3v) is 4.11. The number of rotatable bonds is 4. The van der Waals surface area contributed by atoms with E-state index in [1.807, 2.05) is 25.5 Å². The summed E-state index contributed by atoms with van der Waals surface area (Å²) in [6.45, 7) is 4.77. The van der Waals surface area contributed by atoms with Gasteiger partial charge in [0.25, 0.3) is 0 Å². The zero-order valence-electron chi connectivity index (χ0n) is 10.1. The van der Waals surface area contributed by atoms with Crippen LogP contribution in [0.25, 0.3) is 0 Å². The van der Waals surface area contributed by atoms with Crippen LogP contribution in [0.3, 0.4) is 0 Å². The van der Waals surface area contributed by atoms with E-state index in [2.05, 4.69) is 22.3 Å². The Morgan fingerprint density at radius 1 is 1.59 bits per heavy atom. The second-order valence-electron chi connectivity index (χ2n) is 3.95. The molecule has 2 aromatic heterocycles. The minimum atomic E-state index is 0.227. The molecule has 0 spiro atoms. The van der Waals surface area contributed by atoms with E-state index < -0.39 is 0 Å². The molecule has 0 radical (unpaired) electrons. The Kier molecular flexibility index (Phi) is 3.81. The van der Waals surface area contributed by atoms with E-state index in [4.69, 9.17) is 11.6 Å². The lowest BCUT2D eigenvalue weighted by Crippen LogP contribution is -2.18. The Labute approximate surface area is 110 Å². The highest BCUT2D eigenvalue weighted by atomic mass is 35.5. The number of hydrogen-bond acceptors (Lipinski definition) is 4. The first-order valence-electron chi connectivity index (χ1n) is 5.40. The highest BCUT2D eigenvalue weighted by molar-refractivity contribution is 7.09. The third-order valence-electron chi connectivity index (χ3n) is 2.68. The normalized spacial score (nSPS) is 12.9. The molecule has 2 rings (SSSR count). The van der Waals surface area contributed by atoms with Crippen LogP contribution in [0.5, 0.6) is 0 Å². The number of aromatic nitrogens is 3. The zero-order chi connectivity index (χ0) is 12.4. The summed E-state index contributed by atoms with van der Waals surface area (Å²) in [5.74, 6) is 0. The Bertz CT molecular complexity index is 492. The molecule has 92 valence electrons. The molecule has 4 nitrogen and oxygen atoms in total. The van der Waals surface area contributed by atoms with E-state index in [1.165, 1.54) is 0 Å². The van der Waals surface area contributed by atoms with Gasteiger partial charge in [-0.1, -0.05) is 11.6 Å². The van der Waals surface area contributed by atoms with E-state index in [9.17, 15) is 0 Å². The first kappa shape index (κ1) is 12.5. The van der Waals surface area contributed by atoms with Crippen LogP contribution in [0, 0.1) is 6.92 Å².